The average Bonchev–Trinajstić information content (AvgIpc) is 3.21. The van der Waals surface area contributed by atoms with Crippen LogP contribution in [0.5, 0.6) is 0 Å². The molecule has 1 amide bonds. The molecule has 1 atom stereocenters. The zero-order chi connectivity index (χ0) is 16.7. The van der Waals surface area contributed by atoms with Crippen molar-refractivity contribution in [2.75, 3.05) is 6.54 Å². The van der Waals surface area contributed by atoms with E-state index in [1.54, 1.807) is 12.4 Å². The number of carbonyl (C=O) groups excluding carboxylic acids is 2. The predicted molar refractivity (Wildman–Crippen MR) is 90.0 cm³/mol. The van der Waals surface area contributed by atoms with Gasteiger partial charge in [0.15, 0.2) is 5.78 Å². The number of nitrogens with one attached hydrogen (secondary N) is 1. The third-order valence-corrected chi connectivity index (χ3v) is 5.26. The van der Waals surface area contributed by atoms with E-state index in [0.717, 1.165) is 54.6 Å². The van der Waals surface area contributed by atoms with Crippen LogP contribution in [0.3, 0.4) is 0 Å². The summed E-state index contributed by atoms with van der Waals surface area (Å²) < 4.78 is 0. The van der Waals surface area contributed by atoms with E-state index >= 15 is 0 Å². The van der Waals surface area contributed by atoms with Crippen molar-refractivity contribution < 1.29 is 9.59 Å². The highest BCUT2D eigenvalue weighted by Gasteiger charge is 2.34. The Balaban J connectivity index is 1.68. The van der Waals surface area contributed by atoms with Crippen LogP contribution in [0, 0.1) is 6.92 Å². The summed E-state index contributed by atoms with van der Waals surface area (Å²) in [6, 6.07) is 4.05. The topological polar surface area (TPSA) is 66.1 Å². The number of ketones is 1. The highest BCUT2D eigenvalue weighted by Crippen LogP contribution is 2.34. The van der Waals surface area contributed by atoms with Gasteiger partial charge in [-0.2, -0.15) is 0 Å². The van der Waals surface area contributed by atoms with Gasteiger partial charge in [0.25, 0.3) is 5.91 Å². The van der Waals surface area contributed by atoms with E-state index in [1.165, 1.54) is 0 Å². The molecule has 24 heavy (non-hydrogen) atoms. The molecule has 1 aliphatic heterocycles. The van der Waals surface area contributed by atoms with Crippen LogP contribution in [0.15, 0.2) is 24.5 Å². The standard InChI is InChI=1S/C19H21N3O2/c1-12-17-14(4-2-6-16(17)23)21-18(12)19(24)22-11-3-5-15(22)13-7-9-20-10-8-13/h7-10,15,21H,2-6,11H2,1H3/t15-/m1/s1. The van der Waals surface area contributed by atoms with Gasteiger partial charge in [-0.3, -0.25) is 14.6 Å². The number of pyridine rings is 1. The molecule has 2 aromatic rings. The van der Waals surface area contributed by atoms with E-state index in [4.69, 9.17) is 0 Å². The zero-order valence-corrected chi connectivity index (χ0v) is 13.8. The number of aromatic amines is 1. The highest BCUT2D eigenvalue weighted by molar-refractivity contribution is 6.04. The first-order chi connectivity index (χ1) is 11.7. The molecule has 124 valence electrons. The Hall–Kier alpha value is -2.43. The summed E-state index contributed by atoms with van der Waals surface area (Å²) >= 11 is 0. The van der Waals surface area contributed by atoms with Gasteiger partial charge in [-0.25, -0.2) is 0 Å². The van der Waals surface area contributed by atoms with Crippen molar-refractivity contribution in [3.63, 3.8) is 0 Å². The molecule has 1 saturated heterocycles. The monoisotopic (exact) mass is 323 g/mol. The number of aromatic nitrogens is 2. The van der Waals surface area contributed by atoms with Gasteiger partial charge in [-0.1, -0.05) is 0 Å². The first kappa shape index (κ1) is 15.1. The van der Waals surface area contributed by atoms with Crippen molar-refractivity contribution in [1.29, 1.82) is 0 Å². The minimum atomic E-state index is 0.00834. The first-order valence-electron chi connectivity index (χ1n) is 8.62. The molecule has 2 aliphatic rings. The maximum atomic E-state index is 13.1. The lowest BCUT2D eigenvalue weighted by Gasteiger charge is -2.25. The lowest BCUT2D eigenvalue weighted by Crippen LogP contribution is -2.31. The van der Waals surface area contributed by atoms with Crippen LogP contribution in [0.4, 0.5) is 0 Å². The number of rotatable bonds is 2. The molecule has 0 saturated carbocycles. The lowest BCUT2D eigenvalue weighted by molar-refractivity contribution is 0.0729. The second-order valence-electron chi connectivity index (χ2n) is 6.69. The fourth-order valence-electron chi connectivity index (χ4n) is 4.07. The Bertz CT molecular complexity index is 794. The Morgan fingerprint density at radius 2 is 2.04 bits per heavy atom. The van der Waals surface area contributed by atoms with Crippen molar-refractivity contribution in [2.24, 2.45) is 0 Å². The molecule has 5 heteroatoms. The van der Waals surface area contributed by atoms with Gasteiger partial charge in [0, 0.05) is 36.6 Å². The van der Waals surface area contributed by atoms with Gasteiger partial charge < -0.3 is 9.88 Å². The van der Waals surface area contributed by atoms with Gasteiger partial charge in [0.2, 0.25) is 0 Å². The highest BCUT2D eigenvalue weighted by atomic mass is 16.2. The van der Waals surface area contributed by atoms with Crippen molar-refractivity contribution in [1.82, 2.24) is 14.9 Å². The van der Waals surface area contributed by atoms with Gasteiger partial charge in [-0.15, -0.1) is 0 Å². The molecule has 1 fully saturated rings. The van der Waals surface area contributed by atoms with Crippen molar-refractivity contribution >= 4 is 11.7 Å². The van der Waals surface area contributed by atoms with Gasteiger partial charge in [-0.05, 0) is 55.9 Å². The Morgan fingerprint density at radius 1 is 1.25 bits per heavy atom. The molecule has 0 radical (unpaired) electrons. The number of amides is 1. The summed E-state index contributed by atoms with van der Waals surface area (Å²) in [7, 11) is 0. The molecule has 4 rings (SSSR count). The van der Waals surface area contributed by atoms with Gasteiger partial charge in [0.05, 0.1) is 6.04 Å². The quantitative estimate of drug-likeness (QED) is 0.923. The Kier molecular flexibility index (Phi) is 3.71. The molecule has 3 heterocycles. The van der Waals surface area contributed by atoms with Gasteiger partial charge in [0.1, 0.15) is 5.69 Å². The summed E-state index contributed by atoms with van der Waals surface area (Å²) in [6.45, 7) is 2.65. The fraction of sp³-hybridized carbons (Fsp3) is 0.421. The second kappa shape index (κ2) is 5.89. The van der Waals surface area contributed by atoms with E-state index < -0.39 is 0 Å². The minimum absolute atomic E-state index is 0.00834. The molecule has 5 nitrogen and oxygen atoms in total. The fourth-order valence-corrected chi connectivity index (χ4v) is 4.07. The number of Topliss-reactive ketones (excluding diaryl/α,β-unsaturated/α-hetero) is 1. The summed E-state index contributed by atoms with van der Waals surface area (Å²) in [5.41, 5.74) is 4.23. The van der Waals surface area contributed by atoms with E-state index in [-0.39, 0.29) is 17.7 Å². The Labute approximate surface area is 141 Å². The number of aryl methyl sites for hydroxylation is 1. The summed E-state index contributed by atoms with van der Waals surface area (Å²) in [4.78, 5) is 34.6. The van der Waals surface area contributed by atoms with Crippen LogP contribution in [0.25, 0.3) is 0 Å². The largest absolute Gasteiger partial charge is 0.354 e. The van der Waals surface area contributed by atoms with Crippen LogP contribution in [0.1, 0.15) is 69.4 Å². The van der Waals surface area contributed by atoms with E-state index in [2.05, 4.69) is 9.97 Å². The SMILES string of the molecule is Cc1c(C(=O)N2CCC[C@@H]2c2ccncc2)[nH]c2c1C(=O)CCC2. The Morgan fingerprint density at radius 3 is 2.79 bits per heavy atom. The van der Waals surface area contributed by atoms with Crippen molar-refractivity contribution in [3.8, 4) is 0 Å². The minimum Gasteiger partial charge on any atom is -0.354 e. The summed E-state index contributed by atoms with van der Waals surface area (Å²) in [6.07, 6.45) is 7.81. The molecule has 0 spiro atoms. The predicted octanol–water partition coefficient (Wildman–Crippen LogP) is 3.21. The van der Waals surface area contributed by atoms with Crippen LogP contribution in [-0.4, -0.2) is 33.1 Å². The average molecular weight is 323 g/mol. The van der Waals surface area contributed by atoms with Crippen LogP contribution in [-0.2, 0) is 6.42 Å². The number of nitrogens with zero attached hydrogens (tertiary/aromatic N) is 2. The number of H-pyrrole nitrogens is 1. The van der Waals surface area contributed by atoms with E-state index in [1.807, 2.05) is 24.0 Å². The third-order valence-electron chi connectivity index (χ3n) is 5.26. The maximum Gasteiger partial charge on any atom is 0.271 e. The molecular weight excluding hydrogens is 302 g/mol. The molecule has 1 aliphatic carbocycles. The number of likely N-dealkylation sites (tertiary alicyclic amines) is 1. The number of hydrogen-bond donors (Lipinski definition) is 1. The smallest absolute Gasteiger partial charge is 0.271 e. The van der Waals surface area contributed by atoms with Crippen LogP contribution < -0.4 is 0 Å². The summed E-state index contributed by atoms with van der Waals surface area (Å²) in [5, 5.41) is 0. The zero-order valence-electron chi connectivity index (χ0n) is 13.8. The lowest BCUT2D eigenvalue weighted by atomic mass is 9.93. The second-order valence-corrected chi connectivity index (χ2v) is 6.69. The molecule has 2 aromatic heterocycles. The van der Waals surface area contributed by atoms with Gasteiger partial charge >= 0.3 is 0 Å². The third kappa shape index (κ3) is 2.35. The normalized spacial score (nSPS) is 20.3. The molecule has 0 bridgehead atoms. The number of carbonyl (C=O) groups is 2. The molecule has 0 unspecified atom stereocenters. The number of hydrogen-bond acceptors (Lipinski definition) is 3. The van der Waals surface area contributed by atoms with Crippen molar-refractivity contribution in [2.45, 2.75) is 45.1 Å². The van der Waals surface area contributed by atoms with E-state index in [9.17, 15) is 9.59 Å². The van der Waals surface area contributed by atoms with Crippen molar-refractivity contribution in [3.05, 3.63) is 52.6 Å². The molecular formula is C19H21N3O2. The van der Waals surface area contributed by atoms with Crippen LogP contribution in [0.2, 0.25) is 0 Å². The number of fused-ring (bicyclic) bond motifs is 1. The van der Waals surface area contributed by atoms with Crippen LogP contribution >= 0.6 is 0 Å². The summed E-state index contributed by atoms with van der Waals surface area (Å²) in [5.74, 6) is 0.171. The maximum absolute atomic E-state index is 13.1. The van der Waals surface area contributed by atoms with E-state index in [0.29, 0.717) is 12.1 Å². The molecule has 0 aromatic carbocycles. The molecule has 1 N–H and O–H groups in total. The first-order valence-corrected chi connectivity index (χ1v) is 8.62.